The maximum Gasteiger partial charge on any atom is 0.0917 e. The smallest absolute Gasteiger partial charge is 0.0917 e. The van der Waals surface area contributed by atoms with Gasteiger partial charge in [0.1, 0.15) is 0 Å². The molecule has 0 aliphatic heterocycles. The molecule has 1 N–H and O–H groups in total. The summed E-state index contributed by atoms with van der Waals surface area (Å²) in [6, 6.07) is 7.32. The maximum absolute atomic E-state index is 10.4. The quantitative estimate of drug-likeness (QED) is 0.911. The first-order valence-corrected chi connectivity index (χ1v) is 6.19. The molecular formula is C12H12ClNOS. The van der Waals surface area contributed by atoms with Crippen LogP contribution in [0.3, 0.4) is 0 Å². The first-order valence-electron chi connectivity index (χ1n) is 4.94. The standard InChI is InChI=1S/C12H12ClNOS/c1-12(15,6-11-7-14-8-16-11)9-3-2-4-10(13)5-9/h2-5,7-8,15H,6H2,1H3. The highest BCUT2D eigenvalue weighted by Crippen LogP contribution is 2.28. The van der Waals surface area contributed by atoms with Gasteiger partial charge in [-0.25, -0.2) is 0 Å². The summed E-state index contributed by atoms with van der Waals surface area (Å²) in [6.07, 6.45) is 2.34. The van der Waals surface area contributed by atoms with Crippen molar-refractivity contribution >= 4 is 22.9 Å². The fraction of sp³-hybridized carbons (Fsp3) is 0.250. The van der Waals surface area contributed by atoms with Crippen molar-refractivity contribution in [1.82, 2.24) is 4.98 Å². The summed E-state index contributed by atoms with van der Waals surface area (Å²) in [6.45, 7) is 1.79. The van der Waals surface area contributed by atoms with Gasteiger partial charge in [0.25, 0.3) is 0 Å². The number of aromatic nitrogens is 1. The number of rotatable bonds is 3. The van der Waals surface area contributed by atoms with Crippen LogP contribution in [0.4, 0.5) is 0 Å². The van der Waals surface area contributed by atoms with Crippen LogP contribution in [0.25, 0.3) is 0 Å². The van der Waals surface area contributed by atoms with Crippen LogP contribution in [0.1, 0.15) is 17.4 Å². The molecule has 84 valence electrons. The SMILES string of the molecule is CC(O)(Cc1cncs1)c1cccc(Cl)c1. The molecule has 1 aromatic heterocycles. The number of hydrogen-bond acceptors (Lipinski definition) is 3. The molecule has 2 nitrogen and oxygen atoms in total. The molecular weight excluding hydrogens is 242 g/mol. The molecule has 0 bridgehead atoms. The van der Waals surface area contributed by atoms with Crippen molar-refractivity contribution in [2.45, 2.75) is 18.9 Å². The summed E-state index contributed by atoms with van der Waals surface area (Å²) < 4.78 is 0. The fourth-order valence-electron chi connectivity index (χ4n) is 1.59. The normalized spacial score (nSPS) is 14.7. The number of thiazole rings is 1. The van der Waals surface area contributed by atoms with Gasteiger partial charge in [-0.3, -0.25) is 4.98 Å². The Morgan fingerprint density at radius 2 is 2.31 bits per heavy atom. The number of nitrogens with zero attached hydrogens (tertiary/aromatic N) is 1. The number of halogens is 1. The molecule has 1 heterocycles. The van der Waals surface area contributed by atoms with E-state index in [9.17, 15) is 5.11 Å². The average Bonchev–Trinajstić information content (AvgIpc) is 2.70. The minimum Gasteiger partial charge on any atom is -0.385 e. The van der Waals surface area contributed by atoms with Crippen LogP contribution in [-0.2, 0) is 12.0 Å². The van der Waals surface area contributed by atoms with Crippen LogP contribution < -0.4 is 0 Å². The highest BCUT2D eigenvalue weighted by atomic mass is 35.5. The van der Waals surface area contributed by atoms with Gasteiger partial charge in [-0.2, -0.15) is 0 Å². The van der Waals surface area contributed by atoms with Gasteiger partial charge in [-0.05, 0) is 24.6 Å². The third kappa shape index (κ3) is 2.61. The van der Waals surface area contributed by atoms with Crippen molar-refractivity contribution in [3.05, 3.63) is 51.4 Å². The largest absolute Gasteiger partial charge is 0.385 e. The molecule has 0 saturated carbocycles. The van der Waals surface area contributed by atoms with Crippen molar-refractivity contribution in [3.8, 4) is 0 Å². The van der Waals surface area contributed by atoms with E-state index in [0.717, 1.165) is 10.4 Å². The second kappa shape index (κ2) is 4.53. The zero-order valence-corrected chi connectivity index (χ0v) is 10.4. The van der Waals surface area contributed by atoms with Crippen LogP contribution in [0.2, 0.25) is 5.02 Å². The Morgan fingerprint density at radius 3 is 2.94 bits per heavy atom. The molecule has 2 aromatic rings. The molecule has 16 heavy (non-hydrogen) atoms. The molecule has 0 amide bonds. The second-order valence-electron chi connectivity index (χ2n) is 3.93. The Kier molecular flexibility index (Phi) is 3.28. The molecule has 1 atom stereocenters. The third-order valence-corrected chi connectivity index (χ3v) is 3.46. The van der Waals surface area contributed by atoms with Crippen molar-refractivity contribution in [1.29, 1.82) is 0 Å². The Balaban J connectivity index is 2.24. The van der Waals surface area contributed by atoms with E-state index in [4.69, 9.17) is 11.6 Å². The number of benzene rings is 1. The average molecular weight is 254 g/mol. The molecule has 0 fully saturated rings. The highest BCUT2D eigenvalue weighted by Gasteiger charge is 2.24. The Labute approximate surface area is 104 Å². The Hall–Kier alpha value is -0.900. The van der Waals surface area contributed by atoms with E-state index in [2.05, 4.69) is 4.98 Å². The van der Waals surface area contributed by atoms with Gasteiger partial charge in [-0.15, -0.1) is 11.3 Å². The van der Waals surface area contributed by atoms with Crippen molar-refractivity contribution in [2.75, 3.05) is 0 Å². The van der Waals surface area contributed by atoms with Crippen LogP contribution in [0, 0.1) is 0 Å². The molecule has 4 heteroatoms. The van der Waals surface area contributed by atoms with Crippen LogP contribution in [0.5, 0.6) is 0 Å². The molecule has 2 rings (SSSR count). The third-order valence-electron chi connectivity index (χ3n) is 2.45. The van der Waals surface area contributed by atoms with Gasteiger partial charge in [0.2, 0.25) is 0 Å². The van der Waals surface area contributed by atoms with E-state index in [0.29, 0.717) is 11.4 Å². The van der Waals surface area contributed by atoms with E-state index in [-0.39, 0.29) is 0 Å². The van der Waals surface area contributed by atoms with Gasteiger partial charge in [-0.1, -0.05) is 23.7 Å². The van der Waals surface area contributed by atoms with Gasteiger partial charge in [0, 0.05) is 22.5 Å². The highest BCUT2D eigenvalue weighted by molar-refractivity contribution is 7.09. The van der Waals surface area contributed by atoms with Crippen LogP contribution in [0.15, 0.2) is 36.0 Å². The molecule has 0 saturated heterocycles. The predicted molar refractivity (Wildman–Crippen MR) is 66.8 cm³/mol. The number of hydrogen-bond donors (Lipinski definition) is 1. The summed E-state index contributed by atoms with van der Waals surface area (Å²) in [5.41, 5.74) is 1.69. The monoisotopic (exact) mass is 253 g/mol. The van der Waals surface area contributed by atoms with E-state index in [1.165, 1.54) is 0 Å². The second-order valence-corrected chi connectivity index (χ2v) is 5.34. The van der Waals surface area contributed by atoms with E-state index in [1.54, 1.807) is 42.1 Å². The Morgan fingerprint density at radius 1 is 1.50 bits per heavy atom. The van der Waals surface area contributed by atoms with Crippen LogP contribution >= 0.6 is 22.9 Å². The molecule has 0 spiro atoms. The summed E-state index contributed by atoms with van der Waals surface area (Å²) in [7, 11) is 0. The zero-order chi connectivity index (χ0) is 11.6. The molecule has 0 aliphatic carbocycles. The summed E-state index contributed by atoms with van der Waals surface area (Å²) in [5, 5.41) is 11.0. The zero-order valence-electron chi connectivity index (χ0n) is 8.85. The lowest BCUT2D eigenvalue weighted by molar-refractivity contribution is 0.0584. The molecule has 1 unspecified atom stereocenters. The van der Waals surface area contributed by atoms with E-state index < -0.39 is 5.60 Å². The lowest BCUT2D eigenvalue weighted by Gasteiger charge is -2.23. The fourth-order valence-corrected chi connectivity index (χ4v) is 2.53. The molecule has 1 aromatic carbocycles. The summed E-state index contributed by atoms with van der Waals surface area (Å²) in [4.78, 5) is 5.06. The van der Waals surface area contributed by atoms with E-state index >= 15 is 0 Å². The van der Waals surface area contributed by atoms with Gasteiger partial charge in [0.15, 0.2) is 0 Å². The lowest BCUT2D eigenvalue weighted by Crippen LogP contribution is -2.23. The van der Waals surface area contributed by atoms with Crippen molar-refractivity contribution < 1.29 is 5.11 Å². The summed E-state index contributed by atoms with van der Waals surface area (Å²) >= 11 is 7.46. The topological polar surface area (TPSA) is 33.1 Å². The maximum atomic E-state index is 10.4. The first-order chi connectivity index (χ1) is 7.58. The van der Waals surface area contributed by atoms with Crippen LogP contribution in [-0.4, -0.2) is 10.1 Å². The molecule has 0 aliphatic rings. The minimum atomic E-state index is -0.905. The van der Waals surface area contributed by atoms with Crippen molar-refractivity contribution in [3.63, 3.8) is 0 Å². The number of aliphatic hydroxyl groups is 1. The first kappa shape index (κ1) is 11.6. The Bertz CT molecular complexity index is 468. The van der Waals surface area contributed by atoms with Gasteiger partial charge >= 0.3 is 0 Å². The summed E-state index contributed by atoms with van der Waals surface area (Å²) in [5.74, 6) is 0. The minimum absolute atomic E-state index is 0.554. The molecule has 0 radical (unpaired) electrons. The predicted octanol–water partition coefficient (Wildman–Crippen LogP) is 3.25. The van der Waals surface area contributed by atoms with Gasteiger partial charge in [0.05, 0.1) is 11.1 Å². The van der Waals surface area contributed by atoms with E-state index in [1.807, 2.05) is 12.1 Å². The van der Waals surface area contributed by atoms with Crippen molar-refractivity contribution in [2.24, 2.45) is 0 Å². The van der Waals surface area contributed by atoms with Gasteiger partial charge < -0.3 is 5.11 Å². The lowest BCUT2D eigenvalue weighted by atomic mass is 9.92.